The molecule has 1 atom stereocenters. The minimum atomic E-state index is -4.30. The van der Waals surface area contributed by atoms with Gasteiger partial charge in [0.15, 0.2) is 11.5 Å². The number of carbonyl (C=O) groups is 2. The van der Waals surface area contributed by atoms with Gasteiger partial charge < -0.3 is 19.7 Å². The van der Waals surface area contributed by atoms with Gasteiger partial charge in [0.05, 0.1) is 24.8 Å². The topological polar surface area (TPSA) is 105 Å². The Bertz CT molecular complexity index is 1690. The Morgan fingerprint density at radius 1 is 0.841 bits per heavy atom. The van der Waals surface area contributed by atoms with Crippen molar-refractivity contribution in [2.24, 2.45) is 0 Å². The molecule has 0 spiro atoms. The Hall–Kier alpha value is -4.90. The number of hydrogen-bond acceptors (Lipinski definition) is 6. The molecule has 1 N–H and O–H groups in total. The summed E-state index contributed by atoms with van der Waals surface area (Å²) in [5, 5.41) is 2.60. The van der Waals surface area contributed by atoms with Crippen molar-refractivity contribution in [2.75, 3.05) is 32.1 Å². The fraction of sp³-hybridized carbons (Fsp3) is 0.212. The highest BCUT2D eigenvalue weighted by Gasteiger charge is 2.35. The minimum absolute atomic E-state index is 0.0459. The van der Waals surface area contributed by atoms with Crippen molar-refractivity contribution in [3.05, 3.63) is 120 Å². The van der Waals surface area contributed by atoms with Gasteiger partial charge in [-0.15, -0.1) is 0 Å². The molecule has 0 aromatic heterocycles. The molecule has 0 aliphatic carbocycles. The lowest BCUT2D eigenvalue weighted by Gasteiger charge is -2.33. The maximum absolute atomic E-state index is 14.9. The molecule has 4 aromatic rings. The molecule has 4 aromatic carbocycles. The van der Waals surface area contributed by atoms with E-state index in [1.165, 1.54) is 74.7 Å². The summed E-state index contributed by atoms with van der Waals surface area (Å²) in [5.74, 6) is -1.15. The van der Waals surface area contributed by atoms with E-state index in [1.807, 2.05) is 30.3 Å². The highest BCUT2D eigenvalue weighted by Crippen LogP contribution is 2.34. The molecule has 9 nitrogen and oxygen atoms in total. The average Bonchev–Trinajstić information content (AvgIpc) is 3.06. The fourth-order valence-corrected chi connectivity index (χ4v) is 6.19. The first-order valence-electron chi connectivity index (χ1n) is 13.8. The van der Waals surface area contributed by atoms with Crippen LogP contribution in [-0.4, -0.2) is 59.0 Å². The molecule has 44 heavy (non-hydrogen) atoms. The summed E-state index contributed by atoms with van der Waals surface area (Å²) in [5.41, 5.74) is 1.07. The molecule has 0 fully saturated rings. The molecule has 0 saturated heterocycles. The van der Waals surface area contributed by atoms with Crippen LogP contribution >= 0.6 is 0 Å². The van der Waals surface area contributed by atoms with Gasteiger partial charge in [-0.1, -0.05) is 66.7 Å². The summed E-state index contributed by atoms with van der Waals surface area (Å²) in [7, 11) is 0.00584. The second-order valence-corrected chi connectivity index (χ2v) is 11.7. The van der Waals surface area contributed by atoms with E-state index >= 15 is 0 Å². The molecule has 11 heteroatoms. The van der Waals surface area contributed by atoms with Crippen LogP contribution in [0.1, 0.15) is 11.1 Å². The lowest BCUT2D eigenvalue weighted by molar-refractivity contribution is -0.139. The van der Waals surface area contributed by atoms with Gasteiger partial charge in [0.25, 0.3) is 10.0 Å². The van der Waals surface area contributed by atoms with Crippen molar-refractivity contribution in [3.63, 3.8) is 0 Å². The van der Waals surface area contributed by atoms with Crippen molar-refractivity contribution in [3.8, 4) is 11.5 Å². The van der Waals surface area contributed by atoms with Gasteiger partial charge in [0.2, 0.25) is 11.8 Å². The number of rotatable bonds is 13. The molecule has 0 saturated carbocycles. The largest absolute Gasteiger partial charge is 0.493 e. The summed E-state index contributed by atoms with van der Waals surface area (Å²) < 4.78 is 54.7. The van der Waals surface area contributed by atoms with E-state index in [0.29, 0.717) is 5.75 Å². The normalized spacial score (nSPS) is 11.7. The first kappa shape index (κ1) is 32.0. The van der Waals surface area contributed by atoms with Gasteiger partial charge in [-0.3, -0.25) is 13.9 Å². The van der Waals surface area contributed by atoms with Crippen LogP contribution in [0, 0.1) is 5.82 Å². The Labute approximate surface area is 256 Å². The van der Waals surface area contributed by atoms with Crippen LogP contribution in [0.3, 0.4) is 0 Å². The summed E-state index contributed by atoms with van der Waals surface area (Å²) in [6, 6.07) is 26.1. The van der Waals surface area contributed by atoms with E-state index in [0.717, 1.165) is 9.87 Å². The van der Waals surface area contributed by atoms with E-state index in [1.54, 1.807) is 24.3 Å². The summed E-state index contributed by atoms with van der Waals surface area (Å²) in [6.07, 6.45) is 0.114. The number of hydrogen-bond donors (Lipinski definition) is 1. The smallest absolute Gasteiger partial charge is 0.264 e. The lowest BCUT2D eigenvalue weighted by atomic mass is 10.0. The zero-order chi connectivity index (χ0) is 31.7. The van der Waals surface area contributed by atoms with Crippen molar-refractivity contribution < 1.29 is 31.9 Å². The number of likely N-dealkylation sites (N-methyl/N-ethyl adjacent to an activating group) is 1. The summed E-state index contributed by atoms with van der Waals surface area (Å²) in [6.45, 7) is -0.967. The number of benzene rings is 4. The van der Waals surface area contributed by atoms with E-state index < -0.39 is 40.2 Å². The zero-order valence-corrected chi connectivity index (χ0v) is 25.5. The van der Waals surface area contributed by atoms with Crippen molar-refractivity contribution >= 4 is 27.5 Å². The number of sulfonamides is 1. The van der Waals surface area contributed by atoms with Crippen molar-refractivity contribution in [2.45, 2.75) is 23.9 Å². The molecule has 0 heterocycles. The third-order valence-electron chi connectivity index (χ3n) is 7.08. The Balaban J connectivity index is 1.83. The van der Waals surface area contributed by atoms with Crippen LogP contribution in [0.2, 0.25) is 0 Å². The average molecular weight is 620 g/mol. The molecule has 0 bridgehead atoms. The van der Waals surface area contributed by atoms with Gasteiger partial charge in [-0.2, -0.15) is 0 Å². The number of anilines is 1. The van der Waals surface area contributed by atoms with Gasteiger partial charge in [-0.05, 0) is 35.9 Å². The maximum Gasteiger partial charge on any atom is 0.264 e. The van der Waals surface area contributed by atoms with E-state index in [-0.39, 0.29) is 34.9 Å². The number of carbonyl (C=O) groups excluding carboxylic acids is 2. The first-order chi connectivity index (χ1) is 21.2. The van der Waals surface area contributed by atoms with E-state index in [9.17, 15) is 22.4 Å². The summed E-state index contributed by atoms with van der Waals surface area (Å²) in [4.78, 5) is 28.8. The Morgan fingerprint density at radius 3 is 2.07 bits per heavy atom. The fourth-order valence-electron chi connectivity index (χ4n) is 4.76. The Morgan fingerprint density at radius 2 is 1.45 bits per heavy atom. The van der Waals surface area contributed by atoms with Crippen LogP contribution in [0.15, 0.2) is 108 Å². The lowest BCUT2D eigenvalue weighted by Crippen LogP contribution is -2.53. The molecule has 0 unspecified atom stereocenters. The summed E-state index contributed by atoms with van der Waals surface area (Å²) >= 11 is 0. The van der Waals surface area contributed by atoms with Gasteiger partial charge in [-0.25, -0.2) is 12.8 Å². The molecule has 4 rings (SSSR count). The number of nitrogens with zero attached hydrogens (tertiary/aromatic N) is 2. The number of methoxy groups -OCH3 is 2. The van der Waals surface area contributed by atoms with Crippen molar-refractivity contribution in [1.29, 1.82) is 0 Å². The van der Waals surface area contributed by atoms with Gasteiger partial charge in [0.1, 0.15) is 18.4 Å². The van der Waals surface area contributed by atoms with Crippen LogP contribution in [0.5, 0.6) is 11.5 Å². The zero-order valence-electron chi connectivity index (χ0n) is 24.6. The number of ether oxygens (including phenoxy) is 2. The van der Waals surface area contributed by atoms with Crippen LogP contribution in [0.4, 0.5) is 10.1 Å². The molecular formula is C33H34FN3O6S. The first-order valence-corrected chi connectivity index (χ1v) is 15.2. The van der Waals surface area contributed by atoms with Gasteiger partial charge >= 0.3 is 0 Å². The Kier molecular flexibility index (Phi) is 10.6. The number of halogens is 1. The molecule has 0 radical (unpaired) electrons. The van der Waals surface area contributed by atoms with Crippen LogP contribution < -0.4 is 19.1 Å². The highest BCUT2D eigenvalue weighted by atomic mass is 32.2. The monoisotopic (exact) mass is 619 g/mol. The minimum Gasteiger partial charge on any atom is -0.493 e. The predicted molar refractivity (Wildman–Crippen MR) is 165 cm³/mol. The van der Waals surface area contributed by atoms with Crippen LogP contribution in [0.25, 0.3) is 0 Å². The van der Waals surface area contributed by atoms with E-state index in [2.05, 4.69) is 5.32 Å². The second kappa shape index (κ2) is 14.5. The maximum atomic E-state index is 14.9. The molecular weight excluding hydrogens is 585 g/mol. The third kappa shape index (κ3) is 7.35. The van der Waals surface area contributed by atoms with Gasteiger partial charge in [0, 0.05) is 31.6 Å². The third-order valence-corrected chi connectivity index (χ3v) is 8.87. The van der Waals surface area contributed by atoms with E-state index in [4.69, 9.17) is 9.47 Å². The SMILES string of the molecule is CNC(=O)[C@@H](Cc1ccccc1)N(Cc1ccccc1F)C(=O)CN(c1ccc(OC)c(OC)c1)S(=O)(=O)c1ccccc1. The van der Waals surface area contributed by atoms with Crippen LogP contribution in [-0.2, 0) is 32.6 Å². The highest BCUT2D eigenvalue weighted by molar-refractivity contribution is 7.92. The molecule has 230 valence electrons. The second-order valence-electron chi connectivity index (χ2n) is 9.80. The molecule has 0 aliphatic rings. The predicted octanol–water partition coefficient (Wildman–Crippen LogP) is 4.42. The number of nitrogens with one attached hydrogen (secondary N) is 1. The van der Waals surface area contributed by atoms with Crippen molar-refractivity contribution in [1.82, 2.24) is 10.2 Å². The molecule has 0 aliphatic heterocycles. The standard InChI is InChI=1S/C33H34FN3O6S/c1-35-33(39)29(20-24-12-6-4-7-13-24)36(22-25-14-10-11-17-28(25)34)32(38)23-37(44(40,41)27-15-8-5-9-16-27)26-18-19-30(42-2)31(21-26)43-3/h4-19,21,29H,20,22-23H2,1-3H3,(H,35,39)/t29-/m1/s1. The number of amides is 2. The molecule has 2 amide bonds. The quantitative estimate of drug-likeness (QED) is 0.238.